The molecule has 1 heterocycles. The van der Waals surface area contributed by atoms with Gasteiger partial charge in [-0.1, -0.05) is 11.6 Å². The van der Waals surface area contributed by atoms with Gasteiger partial charge in [0.1, 0.15) is 21.7 Å². The Morgan fingerprint density at radius 2 is 2.06 bits per heavy atom. The molecule has 0 amide bonds. The van der Waals surface area contributed by atoms with Crippen LogP contribution in [-0.4, -0.2) is 19.2 Å². The SMILES string of the molecule is COc1ccc(-c2nc(Cl)cs2)c(OC)c1. The highest BCUT2D eigenvalue weighted by Gasteiger charge is 2.10. The molecule has 0 aliphatic rings. The van der Waals surface area contributed by atoms with Crippen molar-refractivity contribution < 1.29 is 9.47 Å². The molecule has 0 N–H and O–H groups in total. The lowest BCUT2D eigenvalue weighted by atomic mass is 10.2. The van der Waals surface area contributed by atoms with Gasteiger partial charge in [0.05, 0.1) is 19.8 Å². The van der Waals surface area contributed by atoms with Crippen molar-refractivity contribution in [3.8, 4) is 22.1 Å². The van der Waals surface area contributed by atoms with E-state index >= 15 is 0 Å². The summed E-state index contributed by atoms with van der Waals surface area (Å²) in [5, 5.41) is 3.13. The van der Waals surface area contributed by atoms with E-state index in [1.54, 1.807) is 19.6 Å². The number of aromatic nitrogens is 1. The third-order valence-electron chi connectivity index (χ3n) is 2.12. The van der Waals surface area contributed by atoms with Gasteiger partial charge in [-0.3, -0.25) is 0 Å². The van der Waals surface area contributed by atoms with Gasteiger partial charge in [0.2, 0.25) is 0 Å². The summed E-state index contributed by atoms with van der Waals surface area (Å²) in [7, 11) is 3.24. The van der Waals surface area contributed by atoms with Crippen LogP contribution in [0.15, 0.2) is 23.6 Å². The van der Waals surface area contributed by atoms with E-state index in [2.05, 4.69) is 4.98 Å². The van der Waals surface area contributed by atoms with Crippen LogP contribution in [0.5, 0.6) is 11.5 Å². The fourth-order valence-corrected chi connectivity index (χ4v) is 2.33. The summed E-state index contributed by atoms with van der Waals surface area (Å²) < 4.78 is 10.4. The first-order valence-electron chi connectivity index (χ1n) is 4.58. The van der Waals surface area contributed by atoms with Crippen molar-refractivity contribution in [2.75, 3.05) is 14.2 Å². The fraction of sp³-hybridized carbons (Fsp3) is 0.182. The fourth-order valence-electron chi connectivity index (χ4n) is 1.35. The third kappa shape index (κ3) is 2.13. The van der Waals surface area contributed by atoms with Crippen molar-refractivity contribution >= 4 is 22.9 Å². The standard InChI is InChI=1S/C11H10ClNO2S/c1-14-7-3-4-8(9(5-7)15-2)11-13-10(12)6-16-11/h3-6H,1-2H3. The summed E-state index contributed by atoms with van der Waals surface area (Å²) in [4.78, 5) is 4.21. The third-order valence-corrected chi connectivity index (χ3v) is 3.31. The molecule has 3 nitrogen and oxygen atoms in total. The monoisotopic (exact) mass is 255 g/mol. The van der Waals surface area contributed by atoms with Crippen LogP contribution < -0.4 is 9.47 Å². The van der Waals surface area contributed by atoms with E-state index < -0.39 is 0 Å². The van der Waals surface area contributed by atoms with E-state index in [0.717, 1.165) is 22.1 Å². The van der Waals surface area contributed by atoms with Crippen LogP contribution in [0.1, 0.15) is 0 Å². The number of nitrogens with zero attached hydrogens (tertiary/aromatic N) is 1. The second-order valence-corrected chi connectivity index (χ2v) is 4.29. The maximum atomic E-state index is 5.80. The largest absolute Gasteiger partial charge is 0.497 e. The predicted molar refractivity (Wildman–Crippen MR) is 65.7 cm³/mol. The average Bonchev–Trinajstić information content (AvgIpc) is 2.74. The van der Waals surface area contributed by atoms with Crippen molar-refractivity contribution in [2.45, 2.75) is 0 Å². The molecule has 0 radical (unpaired) electrons. The minimum Gasteiger partial charge on any atom is -0.497 e. The Balaban J connectivity index is 2.48. The van der Waals surface area contributed by atoms with Crippen LogP contribution in [0, 0.1) is 0 Å². The predicted octanol–water partition coefficient (Wildman–Crippen LogP) is 3.48. The van der Waals surface area contributed by atoms with Crippen LogP contribution in [0.4, 0.5) is 0 Å². The normalized spacial score (nSPS) is 10.2. The summed E-state index contributed by atoms with van der Waals surface area (Å²) >= 11 is 7.28. The molecule has 2 aromatic rings. The molecule has 5 heteroatoms. The molecule has 0 aliphatic carbocycles. The number of benzene rings is 1. The lowest BCUT2D eigenvalue weighted by Gasteiger charge is -2.07. The number of methoxy groups -OCH3 is 2. The Kier molecular flexibility index (Phi) is 3.31. The first kappa shape index (κ1) is 11.2. The van der Waals surface area contributed by atoms with Crippen molar-refractivity contribution in [2.24, 2.45) is 0 Å². The summed E-state index contributed by atoms with van der Waals surface area (Å²) in [6, 6.07) is 5.60. The van der Waals surface area contributed by atoms with Gasteiger partial charge in [0, 0.05) is 11.4 Å². The van der Waals surface area contributed by atoms with Gasteiger partial charge >= 0.3 is 0 Å². The Morgan fingerprint density at radius 1 is 1.25 bits per heavy atom. The highest BCUT2D eigenvalue weighted by atomic mass is 35.5. The van der Waals surface area contributed by atoms with Crippen LogP contribution in [0.3, 0.4) is 0 Å². The van der Waals surface area contributed by atoms with E-state index in [-0.39, 0.29) is 0 Å². The van der Waals surface area contributed by atoms with E-state index in [0.29, 0.717) is 5.15 Å². The van der Waals surface area contributed by atoms with E-state index in [9.17, 15) is 0 Å². The number of ether oxygens (including phenoxy) is 2. The Bertz CT molecular complexity index is 498. The lowest BCUT2D eigenvalue weighted by molar-refractivity contribution is 0.395. The molecular formula is C11H10ClNO2S. The van der Waals surface area contributed by atoms with Crippen molar-refractivity contribution in [3.05, 3.63) is 28.7 Å². The molecule has 0 bridgehead atoms. The molecule has 2 rings (SSSR count). The second-order valence-electron chi connectivity index (χ2n) is 3.04. The van der Waals surface area contributed by atoms with Gasteiger partial charge in [0.15, 0.2) is 0 Å². The number of thiazole rings is 1. The average molecular weight is 256 g/mol. The Morgan fingerprint density at radius 3 is 2.62 bits per heavy atom. The molecule has 0 saturated carbocycles. The maximum absolute atomic E-state index is 5.80. The van der Waals surface area contributed by atoms with Crippen LogP contribution in [0.2, 0.25) is 5.15 Å². The van der Waals surface area contributed by atoms with E-state index in [4.69, 9.17) is 21.1 Å². The van der Waals surface area contributed by atoms with Crippen molar-refractivity contribution in [1.29, 1.82) is 0 Å². The Labute approximate surface area is 103 Å². The molecule has 0 saturated heterocycles. The van der Waals surface area contributed by atoms with Crippen LogP contribution >= 0.6 is 22.9 Å². The molecule has 1 aromatic heterocycles. The zero-order chi connectivity index (χ0) is 11.5. The first-order chi connectivity index (χ1) is 7.74. The van der Waals surface area contributed by atoms with Gasteiger partial charge < -0.3 is 9.47 Å². The number of hydrogen-bond acceptors (Lipinski definition) is 4. The summed E-state index contributed by atoms with van der Waals surface area (Å²) in [5.74, 6) is 1.48. The van der Waals surface area contributed by atoms with Gasteiger partial charge in [-0.2, -0.15) is 0 Å². The molecule has 0 fully saturated rings. The molecule has 1 aromatic carbocycles. The molecule has 0 spiro atoms. The molecular weight excluding hydrogens is 246 g/mol. The smallest absolute Gasteiger partial charge is 0.140 e. The number of rotatable bonds is 3. The zero-order valence-corrected chi connectivity index (χ0v) is 10.4. The van der Waals surface area contributed by atoms with Crippen LogP contribution in [0.25, 0.3) is 10.6 Å². The Hall–Kier alpha value is -1.26. The van der Waals surface area contributed by atoms with E-state index in [1.807, 2.05) is 18.2 Å². The molecule has 84 valence electrons. The summed E-state index contributed by atoms with van der Waals surface area (Å²) in [5.41, 5.74) is 0.917. The minimum atomic E-state index is 0.498. The molecule has 0 unspecified atom stereocenters. The van der Waals surface area contributed by atoms with Gasteiger partial charge in [-0.15, -0.1) is 11.3 Å². The topological polar surface area (TPSA) is 31.4 Å². The highest BCUT2D eigenvalue weighted by Crippen LogP contribution is 2.35. The highest BCUT2D eigenvalue weighted by molar-refractivity contribution is 7.13. The van der Waals surface area contributed by atoms with Crippen LogP contribution in [-0.2, 0) is 0 Å². The maximum Gasteiger partial charge on any atom is 0.140 e. The van der Waals surface area contributed by atoms with E-state index in [1.165, 1.54) is 11.3 Å². The molecule has 0 aliphatic heterocycles. The number of hydrogen-bond donors (Lipinski definition) is 0. The van der Waals surface area contributed by atoms with Gasteiger partial charge in [-0.25, -0.2) is 4.98 Å². The zero-order valence-electron chi connectivity index (χ0n) is 8.86. The molecule has 0 atom stereocenters. The summed E-state index contributed by atoms with van der Waals surface area (Å²) in [6.45, 7) is 0. The number of halogens is 1. The quantitative estimate of drug-likeness (QED) is 0.841. The van der Waals surface area contributed by atoms with Gasteiger partial charge in [-0.05, 0) is 12.1 Å². The van der Waals surface area contributed by atoms with Gasteiger partial charge in [0.25, 0.3) is 0 Å². The van der Waals surface area contributed by atoms with Crippen molar-refractivity contribution in [3.63, 3.8) is 0 Å². The lowest BCUT2D eigenvalue weighted by Crippen LogP contribution is -1.89. The second kappa shape index (κ2) is 4.72. The summed E-state index contributed by atoms with van der Waals surface area (Å²) in [6.07, 6.45) is 0. The molecule has 16 heavy (non-hydrogen) atoms. The minimum absolute atomic E-state index is 0.498. The first-order valence-corrected chi connectivity index (χ1v) is 5.84. The van der Waals surface area contributed by atoms with Crippen molar-refractivity contribution in [1.82, 2.24) is 4.98 Å².